The second kappa shape index (κ2) is 5.40. The van der Waals surface area contributed by atoms with Crippen molar-refractivity contribution in [3.05, 3.63) is 71.7 Å². The molecule has 0 spiro atoms. The van der Waals surface area contributed by atoms with Crippen LogP contribution in [0, 0.1) is 5.82 Å². The Morgan fingerprint density at radius 2 is 1.90 bits per heavy atom. The SMILES string of the molecule is CC(NC(=O)c1cc2cccc(F)c2[nH]1)c1ccccc1. The van der Waals surface area contributed by atoms with Gasteiger partial charge in [0, 0.05) is 5.39 Å². The Kier molecular flexibility index (Phi) is 3.44. The zero-order chi connectivity index (χ0) is 14.8. The summed E-state index contributed by atoms with van der Waals surface area (Å²) in [5.74, 6) is -0.607. The quantitative estimate of drug-likeness (QED) is 0.754. The summed E-state index contributed by atoms with van der Waals surface area (Å²) in [4.78, 5) is 15.1. The zero-order valence-corrected chi connectivity index (χ0v) is 11.6. The van der Waals surface area contributed by atoms with Gasteiger partial charge in [0.25, 0.3) is 5.91 Å². The molecule has 0 bridgehead atoms. The molecule has 1 unspecified atom stereocenters. The summed E-state index contributed by atoms with van der Waals surface area (Å²) in [7, 11) is 0. The predicted octanol–water partition coefficient (Wildman–Crippen LogP) is 3.80. The average Bonchev–Trinajstić information content (AvgIpc) is 2.94. The summed E-state index contributed by atoms with van der Waals surface area (Å²) < 4.78 is 13.6. The molecule has 3 aromatic rings. The van der Waals surface area contributed by atoms with Gasteiger partial charge in [0.2, 0.25) is 0 Å². The lowest BCUT2D eigenvalue weighted by atomic mass is 10.1. The van der Waals surface area contributed by atoms with Gasteiger partial charge in [-0.15, -0.1) is 0 Å². The second-order valence-corrected chi connectivity index (χ2v) is 4.99. The van der Waals surface area contributed by atoms with E-state index in [0.29, 0.717) is 16.6 Å². The molecule has 1 amide bonds. The molecule has 0 radical (unpaired) electrons. The molecular formula is C17H15FN2O. The van der Waals surface area contributed by atoms with Gasteiger partial charge in [0.05, 0.1) is 11.6 Å². The Balaban J connectivity index is 1.82. The van der Waals surface area contributed by atoms with Crippen molar-refractivity contribution in [1.82, 2.24) is 10.3 Å². The smallest absolute Gasteiger partial charge is 0.268 e. The second-order valence-electron chi connectivity index (χ2n) is 4.99. The fraction of sp³-hybridized carbons (Fsp3) is 0.118. The highest BCUT2D eigenvalue weighted by Crippen LogP contribution is 2.19. The lowest BCUT2D eigenvalue weighted by Gasteiger charge is -2.13. The van der Waals surface area contributed by atoms with Crippen LogP contribution in [0.1, 0.15) is 29.0 Å². The van der Waals surface area contributed by atoms with E-state index in [9.17, 15) is 9.18 Å². The number of carbonyl (C=O) groups is 1. The van der Waals surface area contributed by atoms with Crippen LogP contribution < -0.4 is 5.32 Å². The molecule has 1 atom stereocenters. The minimum Gasteiger partial charge on any atom is -0.348 e. The van der Waals surface area contributed by atoms with Gasteiger partial charge in [0.1, 0.15) is 11.5 Å². The molecule has 0 saturated carbocycles. The van der Waals surface area contributed by atoms with Gasteiger partial charge in [-0.05, 0) is 24.6 Å². The fourth-order valence-electron chi connectivity index (χ4n) is 2.34. The van der Waals surface area contributed by atoms with Crippen LogP contribution in [-0.2, 0) is 0 Å². The molecule has 0 aliphatic heterocycles. The average molecular weight is 282 g/mol. The standard InChI is InChI=1S/C17H15FN2O/c1-11(12-6-3-2-4-7-12)19-17(21)15-10-13-8-5-9-14(18)16(13)20-15/h2-11,20H,1H3,(H,19,21). The van der Waals surface area contributed by atoms with Crippen LogP contribution in [0.25, 0.3) is 10.9 Å². The number of halogens is 1. The largest absolute Gasteiger partial charge is 0.348 e. The van der Waals surface area contributed by atoms with Crippen molar-refractivity contribution in [2.24, 2.45) is 0 Å². The number of nitrogens with one attached hydrogen (secondary N) is 2. The maximum Gasteiger partial charge on any atom is 0.268 e. The molecule has 2 aromatic carbocycles. The van der Waals surface area contributed by atoms with Crippen molar-refractivity contribution in [3.63, 3.8) is 0 Å². The topological polar surface area (TPSA) is 44.9 Å². The third-order valence-corrected chi connectivity index (χ3v) is 3.50. The van der Waals surface area contributed by atoms with Crippen LogP contribution in [-0.4, -0.2) is 10.9 Å². The summed E-state index contributed by atoms with van der Waals surface area (Å²) in [6.07, 6.45) is 0. The zero-order valence-electron chi connectivity index (χ0n) is 11.6. The van der Waals surface area contributed by atoms with E-state index >= 15 is 0 Å². The van der Waals surface area contributed by atoms with E-state index in [-0.39, 0.29) is 17.8 Å². The van der Waals surface area contributed by atoms with Gasteiger partial charge in [-0.25, -0.2) is 4.39 Å². The van der Waals surface area contributed by atoms with Gasteiger partial charge in [-0.2, -0.15) is 0 Å². The number of amides is 1. The van der Waals surface area contributed by atoms with Crippen molar-refractivity contribution in [3.8, 4) is 0 Å². The number of rotatable bonds is 3. The first-order valence-electron chi connectivity index (χ1n) is 6.78. The van der Waals surface area contributed by atoms with Crippen molar-refractivity contribution in [2.75, 3.05) is 0 Å². The summed E-state index contributed by atoms with van der Waals surface area (Å²) in [6.45, 7) is 1.91. The molecule has 0 fully saturated rings. The molecule has 2 N–H and O–H groups in total. The number of hydrogen-bond donors (Lipinski definition) is 2. The fourth-order valence-corrected chi connectivity index (χ4v) is 2.34. The number of benzene rings is 2. The van der Waals surface area contributed by atoms with Crippen LogP contribution in [0.4, 0.5) is 4.39 Å². The Labute approximate surface area is 121 Å². The van der Waals surface area contributed by atoms with E-state index in [0.717, 1.165) is 5.56 Å². The molecule has 3 nitrogen and oxygen atoms in total. The van der Waals surface area contributed by atoms with E-state index in [4.69, 9.17) is 0 Å². The number of H-pyrrole nitrogens is 1. The number of aromatic amines is 1. The van der Waals surface area contributed by atoms with Crippen LogP contribution in [0.2, 0.25) is 0 Å². The third kappa shape index (κ3) is 2.65. The van der Waals surface area contributed by atoms with E-state index in [1.807, 2.05) is 37.3 Å². The lowest BCUT2D eigenvalue weighted by Crippen LogP contribution is -2.26. The molecule has 0 aliphatic carbocycles. The highest BCUT2D eigenvalue weighted by molar-refractivity contribution is 5.98. The first-order chi connectivity index (χ1) is 10.1. The van der Waals surface area contributed by atoms with Gasteiger partial charge in [-0.3, -0.25) is 4.79 Å². The highest BCUT2D eigenvalue weighted by atomic mass is 19.1. The Morgan fingerprint density at radius 3 is 2.62 bits per heavy atom. The summed E-state index contributed by atoms with van der Waals surface area (Å²) in [6, 6.07) is 16.0. The summed E-state index contributed by atoms with van der Waals surface area (Å²) in [5.41, 5.74) is 1.74. The van der Waals surface area contributed by atoms with Gasteiger partial charge in [0.15, 0.2) is 0 Å². The molecular weight excluding hydrogens is 267 g/mol. The molecule has 0 saturated heterocycles. The van der Waals surface area contributed by atoms with Crippen LogP contribution >= 0.6 is 0 Å². The van der Waals surface area contributed by atoms with Crippen LogP contribution in [0.15, 0.2) is 54.6 Å². The minimum atomic E-state index is -0.359. The summed E-state index contributed by atoms with van der Waals surface area (Å²) in [5, 5.41) is 3.59. The first-order valence-corrected chi connectivity index (χ1v) is 6.78. The molecule has 4 heteroatoms. The molecule has 3 rings (SSSR count). The molecule has 1 aromatic heterocycles. The minimum absolute atomic E-state index is 0.116. The van der Waals surface area contributed by atoms with E-state index in [1.54, 1.807) is 18.2 Å². The Morgan fingerprint density at radius 1 is 1.14 bits per heavy atom. The molecule has 21 heavy (non-hydrogen) atoms. The first kappa shape index (κ1) is 13.4. The van der Waals surface area contributed by atoms with Gasteiger partial charge in [-0.1, -0.05) is 42.5 Å². The predicted molar refractivity (Wildman–Crippen MR) is 80.6 cm³/mol. The number of para-hydroxylation sites is 1. The highest BCUT2D eigenvalue weighted by Gasteiger charge is 2.14. The van der Waals surface area contributed by atoms with Gasteiger partial charge < -0.3 is 10.3 Å². The van der Waals surface area contributed by atoms with Crippen molar-refractivity contribution < 1.29 is 9.18 Å². The number of carbonyl (C=O) groups excluding carboxylic acids is 1. The third-order valence-electron chi connectivity index (χ3n) is 3.50. The molecule has 106 valence electrons. The van der Waals surface area contributed by atoms with E-state index in [1.165, 1.54) is 6.07 Å². The van der Waals surface area contributed by atoms with E-state index < -0.39 is 0 Å². The van der Waals surface area contributed by atoms with Crippen molar-refractivity contribution >= 4 is 16.8 Å². The molecule has 1 heterocycles. The van der Waals surface area contributed by atoms with E-state index in [2.05, 4.69) is 10.3 Å². The van der Waals surface area contributed by atoms with Crippen LogP contribution in [0.5, 0.6) is 0 Å². The molecule has 0 aliphatic rings. The Hall–Kier alpha value is -2.62. The number of hydrogen-bond acceptors (Lipinski definition) is 1. The van der Waals surface area contributed by atoms with Crippen LogP contribution in [0.3, 0.4) is 0 Å². The van der Waals surface area contributed by atoms with Gasteiger partial charge >= 0.3 is 0 Å². The number of fused-ring (bicyclic) bond motifs is 1. The van der Waals surface area contributed by atoms with Crippen molar-refractivity contribution in [1.29, 1.82) is 0 Å². The normalized spacial score (nSPS) is 12.3. The maximum absolute atomic E-state index is 13.6. The maximum atomic E-state index is 13.6. The summed E-state index contributed by atoms with van der Waals surface area (Å²) >= 11 is 0. The number of aromatic nitrogens is 1. The monoisotopic (exact) mass is 282 g/mol. The van der Waals surface area contributed by atoms with Crippen molar-refractivity contribution in [2.45, 2.75) is 13.0 Å². The lowest BCUT2D eigenvalue weighted by molar-refractivity contribution is 0.0935. The Bertz CT molecular complexity index is 780.